The second-order valence-electron chi connectivity index (χ2n) is 10.4. The Morgan fingerprint density at radius 2 is 2.03 bits per heavy atom. The second kappa shape index (κ2) is 7.87. The lowest BCUT2D eigenvalue weighted by Gasteiger charge is -2.60. The topological polar surface area (TPSA) is 101 Å². The van der Waals surface area contributed by atoms with Crippen LogP contribution >= 0.6 is 0 Å². The van der Waals surface area contributed by atoms with Crippen LogP contribution in [0.5, 0.6) is 0 Å². The minimum atomic E-state index is -1.80. The number of hydrogen-bond donors (Lipinski definition) is 2. The van der Waals surface area contributed by atoms with E-state index < -0.39 is 53.5 Å². The number of ketones is 2. The van der Waals surface area contributed by atoms with Gasteiger partial charge < -0.3 is 14.9 Å². The predicted octanol–water partition coefficient (Wildman–Crippen LogP) is 2.71. The largest absolute Gasteiger partial charge is 0.450 e. The number of Topliss-reactive ketones (excluding diaryl/α,β-unsaturated/α-hetero) is 1. The zero-order valence-corrected chi connectivity index (χ0v) is 19.0. The van der Waals surface area contributed by atoms with E-state index in [1.807, 2.05) is 19.9 Å². The summed E-state index contributed by atoms with van der Waals surface area (Å²) in [4.78, 5) is 37.6. The summed E-state index contributed by atoms with van der Waals surface area (Å²) < 4.78 is 20.2. The Labute approximate surface area is 187 Å². The standard InChI is InChI=1S/C25H33FO6/c1-4-21(31)32-25(20(30)13-27)15(12-26)10-18-17-6-5-14-9-16(28)7-8-23(14,2)22(17)19(29)11-24(18,25)3/h7-9,15,17-19,22,27,29H,4-6,10-13H2,1-3H3/t15-,17-,18-,19?,22+,23-,24-,25-/m0/s1. The van der Waals surface area contributed by atoms with Crippen LogP contribution in [0.1, 0.15) is 52.9 Å². The number of aliphatic hydroxyl groups is 2. The Kier molecular flexibility index (Phi) is 5.73. The highest BCUT2D eigenvalue weighted by atomic mass is 19.1. The molecule has 2 N–H and O–H groups in total. The van der Waals surface area contributed by atoms with Gasteiger partial charge in [0.2, 0.25) is 5.78 Å². The van der Waals surface area contributed by atoms with Gasteiger partial charge in [0, 0.05) is 29.1 Å². The fourth-order valence-corrected chi connectivity index (χ4v) is 7.82. The average molecular weight is 449 g/mol. The fourth-order valence-electron chi connectivity index (χ4n) is 7.82. The molecule has 0 aromatic rings. The molecule has 3 saturated carbocycles. The van der Waals surface area contributed by atoms with E-state index in [0.717, 1.165) is 5.57 Å². The van der Waals surface area contributed by atoms with Gasteiger partial charge in [0.1, 0.15) is 6.61 Å². The zero-order valence-electron chi connectivity index (χ0n) is 19.0. The minimum absolute atomic E-state index is 0.0276. The molecule has 1 unspecified atom stereocenters. The van der Waals surface area contributed by atoms with Gasteiger partial charge in [0.15, 0.2) is 11.4 Å². The normalized spacial score (nSPS) is 44.9. The molecule has 4 aliphatic rings. The second-order valence-corrected chi connectivity index (χ2v) is 10.4. The molecule has 32 heavy (non-hydrogen) atoms. The molecular formula is C25H33FO6. The van der Waals surface area contributed by atoms with Gasteiger partial charge in [-0.1, -0.05) is 32.4 Å². The van der Waals surface area contributed by atoms with Crippen LogP contribution in [-0.4, -0.2) is 52.7 Å². The van der Waals surface area contributed by atoms with Crippen LogP contribution in [0.4, 0.5) is 4.39 Å². The molecule has 0 aromatic carbocycles. The van der Waals surface area contributed by atoms with Crippen molar-refractivity contribution in [3.63, 3.8) is 0 Å². The number of allylic oxidation sites excluding steroid dienone is 4. The number of halogens is 1. The molecule has 0 spiro atoms. The number of esters is 1. The van der Waals surface area contributed by atoms with Crippen LogP contribution in [0.25, 0.3) is 0 Å². The maximum Gasteiger partial charge on any atom is 0.306 e. The third-order valence-corrected chi connectivity index (χ3v) is 9.16. The quantitative estimate of drug-likeness (QED) is 0.627. The summed E-state index contributed by atoms with van der Waals surface area (Å²) in [6, 6.07) is 0. The summed E-state index contributed by atoms with van der Waals surface area (Å²) in [6.45, 7) is 3.76. The van der Waals surface area contributed by atoms with E-state index in [1.165, 1.54) is 0 Å². The maximum absolute atomic E-state index is 14.4. The lowest BCUT2D eigenvalue weighted by molar-refractivity contribution is -0.206. The van der Waals surface area contributed by atoms with Gasteiger partial charge in [-0.15, -0.1) is 0 Å². The van der Waals surface area contributed by atoms with Crippen LogP contribution in [0.2, 0.25) is 0 Å². The van der Waals surface area contributed by atoms with Crippen LogP contribution in [0.15, 0.2) is 23.8 Å². The number of alkyl halides is 1. The molecule has 176 valence electrons. The van der Waals surface area contributed by atoms with E-state index in [2.05, 4.69) is 0 Å². The first-order chi connectivity index (χ1) is 15.1. The summed E-state index contributed by atoms with van der Waals surface area (Å²) in [5.74, 6) is -2.61. The van der Waals surface area contributed by atoms with E-state index in [0.29, 0.717) is 19.3 Å². The molecule has 0 radical (unpaired) electrons. The monoisotopic (exact) mass is 448 g/mol. The van der Waals surface area contributed by atoms with Crippen LogP contribution in [0.3, 0.4) is 0 Å². The van der Waals surface area contributed by atoms with E-state index in [9.17, 15) is 29.0 Å². The first kappa shape index (κ1) is 23.3. The van der Waals surface area contributed by atoms with Crippen molar-refractivity contribution >= 4 is 17.5 Å². The Balaban J connectivity index is 1.82. The average Bonchev–Trinajstić information content (AvgIpc) is 3.01. The summed E-state index contributed by atoms with van der Waals surface area (Å²) in [7, 11) is 0. The van der Waals surface area contributed by atoms with E-state index in [1.54, 1.807) is 19.1 Å². The first-order valence-corrected chi connectivity index (χ1v) is 11.6. The SMILES string of the molecule is CCC(=O)O[C@]1(C(=O)CO)[C@H](CF)C[C@H]2[C@@H]3CCC4=CC(=O)C=C[C@]4(C)[C@H]3C(O)C[C@@]21C. The molecule has 3 fully saturated rings. The van der Waals surface area contributed by atoms with Crippen molar-refractivity contribution in [2.75, 3.05) is 13.3 Å². The molecule has 0 aliphatic heterocycles. The van der Waals surface area contributed by atoms with Crippen LogP contribution < -0.4 is 0 Å². The highest BCUT2D eigenvalue weighted by Crippen LogP contribution is 2.69. The Hall–Kier alpha value is -1.86. The van der Waals surface area contributed by atoms with Crippen molar-refractivity contribution in [1.29, 1.82) is 0 Å². The van der Waals surface area contributed by atoms with Crippen LogP contribution in [-0.2, 0) is 19.1 Å². The molecule has 0 amide bonds. The number of ether oxygens (including phenoxy) is 1. The molecule has 0 heterocycles. The van der Waals surface area contributed by atoms with Gasteiger partial charge in [0.25, 0.3) is 0 Å². The molecule has 0 saturated heterocycles. The van der Waals surface area contributed by atoms with Crippen molar-refractivity contribution in [3.05, 3.63) is 23.8 Å². The van der Waals surface area contributed by atoms with E-state index in [4.69, 9.17) is 4.74 Å². The third-order valence-electron chi connectivity index (χ3n) is 9.16. The first-order valence-electron chi connectivity index (χ1n) is 11.6. The highest BCUT2D eigenvalue weighted by molar-refractivity contribution is 6.01. The highest BCUT2D eigenvalue weighted by Gasteiger charge is 2.73. The molecule has 4 rings (SSSR count). The van der Waals surface area contributed by atoms with Crippen LogP contribution in [0, 0.1) is 34.5 Å². The smallest absolute Gasteiger partial charge is 0.306 e. The Bertz CT molecular complexity index is 895. The summed E-state index contributed by atoms with van der Waals surface area (Å²) in [6.07, 6.45) is 6.18. The maximum atomic E-state index is 14.4. The summed E-state index contributed by atoms with van der Waals surface area (Å²) >= 11 is 0. The van der Waals surface area contributed by atoms with Crippen molar-refractivity contribution < 1.29 is 33.7 Å². The Morgan fingerprint density at radius 1 is 1.31 bits per heavy atom. The number of carbonyl (C=O) groups excluding carboxylic acids is 3. The van der Waals surface area contributed by atoms with Gasteiger partial charge in [-0.2, -0.15) is 0 Å². The number of aliphatic hydroxyl groups excluding tert-OH is 2. The number of fused-ring (bicyclic) bond motifs is 5. The summed E-state index contributed by atoms with van der Waals surface area (Å²) in [5.41, 5.74) is -2.28. The van der Waals surface area contributed by atoms with Crippen molar-refractivity contribution in [3.8, 4) is 0 Å². The van der Waals surface area contributed by atoms with E-state index >= 15 is 0 Å². The Morgan fingerprint density at radius 3 is 2.66 bits per heavy atom. The molecule has 0 aromatic heterocycles. The number of carbonyl (C=O) groups is 3. The minimum Gasteiger partial charge on any atom is -0.450 e. The lowest BCUT2D eigenvalue weighted by Crippen LogP contribution is -2.64. The third kappa shape index (κ3) is 2.93. The number of hydrogen-bond acceptors (Lipinski definition) is 6. The molecular weight excluding hydrogens is 415 g/mol. The van der Waals surface area contributed by atoms with E-state index in [-0.39, 0.29) is 36.4 Å². The molecule has 4 aliphatic carbocycles. The number of rotatable bonds is 5. The molecule has 8 atom stereocenters. The van der Waals surface area contributed by atoms with Gasteiger partial charge in [-0.25, -0.2) is 0 Å². The van der Waals surface area contributed by atoms with Crippen molar-refractivity contribution in [2.24, 2.45) is 34.5 Å². The molecule has 0 bridgehead atoms. The van der Waals surface area contributed by atoms with Gasteiger partial charge in [0.05, 0.1) is 12.8 Å². The predicted molar refractivity (Wildman–Crippen MR) is 114 cm³/mol. The zero-order chi connectivity index (χ0) is 23.5. The lowest BCUT2D eigenvalue weighted by atomic mass is 9.46. The van der Waals surface area contributed by atoms with Gasteiger partial charge in [-0.3, -0.25) is 18.8 Å². The van der Waals surface area contributed by atoms with Crippen molar-refractivity contribution in [2.45, 2.75) is 64.6 Å². The molecule has 7 heteroatoms. The van der Waals surface area contributed by atoms with Crippen molar-refractivity contribution in [1.82, 2.24) is 0 Å². The van der Waals surface area contributed by atoms with Gasteiger partial charge in [-0.05, 0) is 49.7 Å². The van der Waals surface area contributed by atoms with Gasteiger partial charge >= 0.3 is 5.97 Å². The molecule has 6 nitrogen and oxygen atoms in total. The fraction of sp³-hybridized carbons (Fsp3) is 0.720. The summed E-state index contributed by atoms with van der Waals surface area (Å²) in [5, 5.41) is 21.3.